The number of hydrogen-bond donors (Lipinski definition) is 1. The maximum Gasteiger partial charge on any atom is 0.321 e. The molecule has 0 saturated heterocycles. The summed E-state index contributed by atoms with van der Waals surface area (Å²) >= 11 is 17.4. The Bertz CT molecular complexity index is 393. The van der Waals surface area contributed by atoms with E-state index in [1.165, 1.54) is 17.0 Å². The Labute approximate surface area is 103 Å². The summed E-state index contributed by atoms with van der Waals surface area (Å²) in [4.78, 5) is 12.7. The first kappa shape index (κ1) is 12.4. The van der Waals surface area contributed by atoms with E-state index >= 15 is 0 Å². The predicted molar refractivity (Wildman–Crippen MR) is 64.2 cm³/mol. The number of anilines is 1. The summed E-state index contributed by atoms with van der Waals surface area (Å²) in [5.41, 5.74) is 0.435. The molecule has 0 atom stereocenters. The first-order chi connectivity index (χ1) is 6.91. The quantitative estimate of drug-likeness (QED) is 0.772. The zero-order chi connectivity index (χ0) is 11.6. The summed E-state index contributed by atoms with van der Waals surface area (Å²) in [6.07, 6.45) is 0. The third kappa shape index (κ3) is 3.16. The van der Waals surface area contributed by atoms with Gasteiger partial charge in [-0.05, 0) is 12.1 Å². The Balaban J connectivity index is 2.96. The highest BCUT2D eigenvalue weighted by Crippen LogP contribution is 2.32. The van der Waals surface area contributed by atoms with E-state index in [1.54, 1.807) is 14.1 Å². The van der Waals surface area contributed by atoms with Crippen molar-refractivity contribution < 1.29 is 4.79 Å². The van der Waals surface area contributed by atoms with Gasteiger partial charge in [0.05, 0.1) is 20.8 Å². The number of benzene rings is 1. The molecule has 15 heavy (non-hydrogen) atoms. The first-order valence-corrected chi connectivity index (χ1v) is 5.18. The summed E-state index contributed by atoms with van der Waals surface area (Å²) in [5.74, 6) is 0. The molecule has 0 radical (unpaired) electrons. The molecule has 0 heterocycles. The van der Waals surface area contributed by atoms with Crippen LogP contribution in [0.2, 0.25) is 15.1 Å². The van der Waals surface area contributed by atoms with Crippen molar-refractivity contribution in [1.29, 1.82) is 0 Å². The molecule has 0 aliphatic heterocycles. The smallest absolute Gasteiger partial charge is 0.321 e. The van der Waals surface area contributed by atoms with Crippen LogP contribution in [0.5, 0.6) is 0 Å². The maximum absolute atomic E-state index is 11.3. The van der Waals surface area contributed by atoms with Gasteiger partial charge in [0.15, 0.2) is 0 Å². The van der Waals surface area contributed by atoms with Gasteiger partial charge in [0.2, 0.25) is 0 Å². The van der Waals surface area contributed by atoms with Gasteiger partial charge in [0.25, 0.3) is 0 Å². The zero-order valence-corrected chi connectivity index (χ0v) is 10.4. The number of urea groups is 1. The Morgan fingerprint density at radius 3 is 2.20 bits per heavy atom. The minimum absolute atomic E-state index is 0.282. The third-order valence-corrected chi connectivity index (χ3v) is 2.69. The standard InChI is InChI=1S/C9H9Cl3N2O/c1-14(2)9(15)13-8-4-6(11)5(10)3-7(8)12/h3-4H,1-2H3,(H,13,15). The second kappa shape index (κ2) is 4.92. The molecule has 0 aliphatic rings. The van der Waals surface area contributed by atoms with Gasteiger partial charge in [-0.15, -0.1) is 0 Å². The molecule has 0 aliphatic carbocycles. The lowest BCUT2D eigenvalue weighted by molar-refractivity contribution is 0.230. The molecule has 0 fully saturated rings. The lowest BCUT2D eigenvalue weighted by Gasteiger charge is -2.13. The highest BCUT2D eigenvalue weighted by molar-refractivity contribution is 6.44. The maximum atomic E-state index is 11.3. The largest absolute Gasteiger partial charge is 0.331 e. The van der Waals surface area contributed by atoms with Gasteiger partial charge in [0, 0.05) is 14.1 Å². The third-order valence-electron chi connectivity index (χ3n) is 1.66. The second-order valence-corrected chi connectivity index (χ2v) is 4.29. The highest BCUT2D eigenvalue weighted by atomic mass is 35.5. The monoisotopic (exact) mass is 266 g/mol. The summed E-state index contributed by atoms with van der Waals surface area (Å²) in [6.45, 7) is 0. The van der Waals surface area contributed by atoms with Crippen molar-refractivity contribution in [3.8, 4) is 0 Å². The molecule has 0 spiro atoms. The fourth-order valence-electron chi connectivity index (χ4n) is 0.845. The van der Waals surface area contributed by atoms with E-state index < -0.39 is 0 Å². The second-order valence-electron chi connectivity index (χ2n) is 3.07. The summed E-state index contributed by atoms with van der Waals surface area (Å²) in [6, 6.07) is 2.71. The molecule has 0 unspecified atom stereocenters. The summed E-state index contributed by atoms with van der Waals surface area (Å²) < 4.78 is 0. The van der Waals surface area contributed by atoms with Crippen molar-refractivity contribution >= 4 is 46.5 Å². The van der Waals surface area contributed by atoms with Crippen LogP contribution in [0.4, 0.5) is 10.5 Å². The van der Waals surface area contributed by atoms with Crippen molar-refractivity contribution in [1.82, 2.24) is 4.90 Å². The average molecular weight is 268 g/mol. The molecular formula is C9H9Cl3N2O. The van der Waals surface area contributed by atoms with Crippen LogP contribution in [0.15, 0.2) is 12.1 Å². The number of rotatable bonds is 1. The highest BCUT2D eigenvalue weighted by Gasteiger charge is 2.09. The number of carbonyl (C=O) groups is 1. The van der Waals surface area contributed by atoms with E-state index in [0.717, 1.165) is 0 Å². The van der Waals surface area contributed by atoms with Crippen LogP contribution in [0.25, 0.3) is 0 Å². The number of carbonyl (C=O) groups excluding carboxylic acids is 1. The molecule has 1 N–H and O–H groups in total. The van der Waals surface area contributed by atoms with Gasteiger partial charge >= 0.3 is 6.03 Å². The normalized spacial score (nSPS) is 9.93. The van der Waals surface area contributed by atoms with Crippen LogP contribution in [0.1, 0.15) is 0 Å². The number of nitrogens with one attached hydrogen (secondary N) is 1. The molecular weight excluding hydrogens is 258 g/mol. The molecule has 82 valence electrons. The van der Waals surface area contributed by atoms with Crippen LogP contribution in [0.3, 0.4) is 0 Å². The van der Waals surface area contributed by atoms with E-state index in [1.807, 2.05) is 0 Å². The van der Waals surface area contributed by atoms with Gasteiger partial charge in [-0.1, -0.05) is 34.8 Å². The minimum atomic E-state index is -0.282. The molecule has 0 saturated carbocycles. The molecule has 6 heteroatoms. The van der Waals surface area contributed by atoms with E-state index in [0.29, 0.717) is 20.8 Å². The van der Waals surface area contributed by atoms with Gasteiger partial charge in [0.1, 0.15) is 0 Å². The lowest BCUT2D eigenvalue weighted by atomic mass is 10.3. The van der Waals surface area contributed by atoms with Gasteiger partial charge in [-0.3, -0.25) is 0 Å². The minimum Gasteiger partial charge on any atom is -0.331 e. The number of hydrogen-bond acceptors (Lipinski definition) is 1. The average Bonchev–Trinajstić information content (AvgIpc) is 2.13. The Kier molecular flexibility index (Phi) is 4.08. The Morgan fingerprint density at radius 1 is 1.13 bits per heavy atom. The van der Waals surface area contributed by atoms with E-state index in [4.69, 9.17) is 34.8 Å². The van der Waals surface area contributed by atoms with E-state index in [9.17, 15) is 4.79 Å². The van der Waals surface area contributed by atoms with E-state index in [-0.39, 0.29) is 6.03 Å². The SMILES string of the molecule is CN(C)C(=O)Nc1cc(Cl)c(Cl)cc1Cl. The number of amides is 2. The fraction of sp³-hybridized carbons (Fsp3) is 0.222. The number of nitrogens with zero attached hydrogens (tertiary/aromatic N) is 1. The van der Waals surface area contributed by atoms with Crippen molar-refractivity contribution in [2.45, 2.75) is 0 Å². The van der Waals surface area contributed by atoms with Crippen LogP contribution in [-0.4, -0.2) is 25.0 Å². The Morgan fingerprint density at radius 2 is 1.67 bits per heavy atom. The fourth-order valence-corrected chi connectivity index (χ4v) is 1.44. The van der Waals surface area contributed by atoms with Crippen LogP contribution in [0, 0.1) is 0 Å². The van der Waals surface area contributed by atoms with E-state index in [2.05, 4.69) is 5.32 Å². The molecule has 0 bridgehead atoms. The summed E-state index contributed by atoms with van der Waals surface area (Å²) in [7, 11) is 3.25. The zero-order valence-electron chi connectivity index (χ0n) is 8.14. The van der Waals surface area contributed by atoms with Gasteiger partial charge < -0.3 is 10.2 Å². The van der Waals surface area contributed by atoms with Crippen LogP contribution >= 0.6 is 34.8 Å². The molecule has 1 aromatic carbocycles. The van der Waals surface area contributed by atoms with Crippen molar-refractivity contribution in [2.24, 2.45) is 0 Å². The number of halogens is 3. The van der Waals surface area contributed by atoms with Gasteiger partial charge in [-0.2, -0.15) is 0 Å². The van der Waals surface area contributed by atoms with Crippen molar-refractivity contribution in [3.63, 3.8) is 0 Å². The molecule has 1 aromatic rings. The van der Waals surface area contributed by atoms with Crippen LogP contribution < -0.4 is 5.32 Å². The Hall–Kier alpha value is -0.640. The topological polar surface area (TPSA) is 32.3 Å². The molecule has 2 amide bonds. The van der Waals surface area contributed by atoms with Gasteiger partial charge in [-0.25, -0.2) is 4.79 Å². The first-order valence-electron chi connectivity index (χ1n) is 4.04. The predicted octanol–water partition coefficient (Wildman–Crippen LogP) is 3.74. The molecule has 3 nitrogen and oxygen atoms in total. The van der Waals surface area contributed by atoms with Crippen molar-refractivity contribution in [3.05, 3.63) is 27.2 Å². The molecule has 0 aromatic heterocycles. The van der Waals surface area contributed by atoms with Crippen molar-refractivity contribution in [2.75, 3.05) is 19.4 Å². The molecule has 1 rings (SSSR count). The summed E-state index contributed by atoms with van der Waals surface area (Å²) in [5, 5.41) is 3.63. The lowest BCUT2D eigenvalue weighted by Crippen LogP contribution is -2.27. The van der Waals surface area contributed by atoms with Crippen LogP contribution in [-0.2, 0) is 0 Å².